The average molecular weight is 177 g/mol. The first-order valence-electron chi connectivity index (χ1n) is 2.22. The van der Waals surface area contributed by atoms with Crippen LogP contribution in [-0.2, 0) is 11.3 Å². The molecule has 1 unspecified atom stereocenters. The molecule has 0 aliphatic heterocycles. The molecule has 3 nitrogen and oxygen atoms in total. The molecule has 0 bridgehead atoms. The highest BCUT2D eigenvalue weighted by Gasteiger charge is 2.30. The average Bonchev–Trinajstić information content (AvgIpc) is 1.60. The van der Waals surface area contributed by atoms with Crippen LogP contribution in [0.2, 0.25) is 0 Å². The van der Waals surface area contributed by atoms with E-state index in [0.29, 0.717) is 0 Å². The molecule has 0 aromatic rings. The van der Waals surface area contributed by atoms with E-state index in [2.05, 4.69) is 0 Å². The molecule has 0 aromatic heterocycles. The van der Waals surface area contributed by atoms with Gasteiger partial charge in [0.2, 0.25) is 11.3 Å². The maximum atomic E-state index is 11.4. The molecule has 0 aliphatic carbocycles. The van der Waals surface area contributed by atoms with Gasteiger partial charge in [0.1, 0.15) is 6.54 Å². The molecule has 7 heteroatoms. The molecule has 0 heterocycles. The van der Waals surface area contributed by atoms with Gasteiger partial charge in [0.05, 0.1) is 0 Å². The van der Waals surface area contributed by atoms with E-state index >= 15 is 0 Å². The maximum absolute atomic E-state index is 11.4. The van der Waals surface area contributed by atoms with E-state index in [1.165, 1.54) is 0 Å². The van der Waals surface area contributed by atoms with Crippen LogP contribution < -0.4 is 0 Å². The summed E-state index contributed by atoms with van der Waals surface area (Å²) in [5.74, 6) is 0. The van der Waals surface area contributed by atoms with Crippen molar-refractivity contribution in [1.82, 2.24) is 4.31 Å². The van der Waals surface area contributed by atoms with Gasteiger partial charge in [-0.25, -0.2) is 4.21 Å². The molecule has 0 saturated carbocycles. The standard InChI is InChI=1S/C3H6F3NO2S/c1-7(10(8)9)2-3(4,5)6/h2H2,1H3,(H,8,9). The molecule has 0 amide bonds. The van der Waals surface area contributed by atoms with Crippen molar-refractivity contribution in [2.24, 2.45) is 0 Å². The Morgan fingerprint density at radius 3 is 2.10 bits per heavy atom. The minimum Gasteiger partial charge on any atom is -0.294 e. The van der Waals surface area contributed by atoms with Crippen LogP contribution in [0.5, 0.6) is 0 Å². The number of hydrogen-bond donors (Lipinski definition) is 1. The predicted octanol–water partition coefficient (Wildman–Crippen LogP) is 0.617. The molecule has 0 fully saturated rings. The first-order valence-corrected chi connectivity index (χ1v) is 3.28. The van der Waals surface area contributed by atoms with Crippen molar-refractivity contribution in [1.29, 1.82) is 0 Å². The fourth-order valence-electron chi connectivity index (χ4n) is 0.308. The third-order valence-electron chi connectivity index (χ3n) is 0.669. The number of rotatable bonds is 2. The first-order chi connectivity index (χ1) is 4.33. The second-order valence-electron chi connectivity index (χ2n) is 1.63. The SMILES string of the molecule is CN(CC(F)(F)F)S(=O)O. The lowest BCUT2D eigenvalue weighted by Gasteiger charge is -2.12. The van der Waals surface area contributed by atoms with Crippen molar-refractivity contribution in [3.8, 4) is 0 Å². The highest BCUT2D eigenvalue weighted by Crippen LogP contribution is 2.15. The highest BCUT2D eigenvalue weighted by molar-refractivity contribution is 7.76. The lowest BCUT2D eigenvalue weighted by atomic mass is 10.6. The van der Waals surface area contributed by atoms with Crippen LogP contribution in [0.15, 0.2) is 0 Å². The van der Waals surface area contributed by atoms with Crippen LogP contribution in [0.25, 0.3) is 0 Å². The Labute approximate surface area is 58.2 Å². The highest BCUT2D eigenvalue weighted by atomic mass is 32.2. The van der Waals surface area contributed by atoms with E-state index in [-0.39, 0.29) is 4.31 Å². The van der Waals surface area contributed by atoms with Gasteiger partial charge < -0.3 is 0 Å². The monoisotopic (exact) mass is 177 g/mol. The number of hydrogen-bond acceptors (Lipinski definition) is 1. The van der Waals surface area contributed by atoms with E-state index in [4.69, 9.17) is 4.55 Å². The summed E-state index contributed by atoms with van der Waals surface area (Å²) >= 11 is -2.54. The van der Waals surface area contributed by atoms with E-state index in [0.717, 1.165) is 7.05 Å². The maximum Gasteiger partial charge on any atom is 0.402 e. The van der Waals surface area contributed by atoms with Crippen LogP contribution >= 0.6 is 0 Å². The van der Waals surface area contributed by atoms with Crippen LogP contribution in [0.1, 0.15) is 0 Å². The van der Waals surface area contributed by atoms with Crippen LogP contribution in [0.4, 0.5) is 13.2 Å². The van der Waals surface area contributed by atoms with Crippen molar-refractivity contribution in [2.75, 3.05) is 13.6 Å². The molecule has 0 aromatic carbocycles. The molecule has 0 radical (unpaired) electrons. The summed E-state index contributed by atoms with van der Waals surface area (Å²) in [6.07, 6.45) is -4.42. The number of halogens is 3. The third kappa shape index (κ3) is 4.71. The van der Waals surface area contributed by atoms with Gasteiger partial charge in [-0.1, -0.05) is 0 Å². The normalized spacial score (nSPS) is 15.8. The molecule has 1 N–H and O–H groups in total. The zero-order chi connectivity index (χ0) is 8.36. The lowest BCUT2D eigenvalue weighted by molar-refractivity contribution is -0.134. The van der Waals surface area contributed by atoms with Gasteiger partial charge in [0, 0.05) is 7.05 Å². The van der Waals surface area contributed by atoms with Gasteiger partial charge in [-0.3, -0.25) is 4.55 Å². The summed E-state index contributed by atoms with van der Waals surface area (Å²) in [4.78, 5) is 0. The molecular formula is C3H6F3NO2S. The smallest absolute Gasteiger partial charge is 0.294 e. The van der Waals surface area contributed by atoms with Crippen molar-refractivity contribution in [3.05, 3.63) is 0 Å². The fraction of sp³-hybridized carbons (Fsp3) is 1.00. The summed E-state index contributed by atoms with van der Waals surface area (Å²) in [6.45, 7) is -1.38. The van der Waals surface area contributed by atoms with E-state index in [9.17, 15) is 17.4 Å². The van der Waals surface area contributed by atoms with Crippen molar-refractivity contribution in [3.63, 3.8) is 0 Å². The Bertz CT molecular complexity index is 136. The summed E-state index contributed by atoms with van der Waals surface area (Å²) in [7, 11) is 0.906. The predicted molar refractivity (Wildman–Crippen MR) is 29.5 cm³/mol. The molecule has 0 spiro atoms. The molecule has 0 saturated heterocycles. The lowest BCUT2D eigenvalue weighted by Crippen LogP contribution is -2.32. The summed E-state index contributed by atoms with van der Waals surface area (Å²) < 4.78 is 52.4. The van der Waals surface area contributed by atoms with E-state index < -0.39 is 24.0 Å². The largest absolute Gasteiger partial charge is 0.402 e. The van der Waals surface area contributed by atoms with E-state index in [1.54, 1.807) is 0 Å². The van der Waals surface area contributed by atoms with Gasteiger partial charge in [-0.2, -0.15) is 17.5 Å². The zero-order valence-electron chi connectivity index (χ0n) is 5.05. The Morgan fingerprint density at radius 1 is 1.60 bits per heavy atom. The zero-order valence-corrected chi connectivity index (χ0v) is 5.87. The van der Waals surface area contributed by atoms with E-state index in [1.807, 2.05) is 0 Å². The van der Waals surface area contributed by atoms with Gasteiger partial charge >= 0.3 is 6.18 Å². The molecule has 0 aliphatic rings. The Hall–Kier alpha value is -0.140. The fourth-order valence-corrected chi connectivity index (χ4v) is 0.565. The van der Waals surface area contributed by atoms with Gasteiger partial charge in [0.25, 0.3) is 0 Å². The summed E-state index contributed by atoms with van der Waals surface area (Å²) in [5, 5.41) is 0. The third-order valence-corrected chi connectivity index (χ3v) is 1.33. The molecular weight excluding hydrogens is 171 g/mol. The van der Waals surface area contributed by atoms with Crippen LogP contribution in [-0.4, -0.2) is 32.8 Å². The minimum atomic E-state index is -4.42. The first kappa shape index (κ1) is 9.86. The molecule has 10 heavy (non-hydrogen) atoms. The number of nitrogens with zero attached hydrogens (tertiary/aromatic N) is 1. The molecule has 1 atom stereocenters. The molecule has 0 rings (SSSR count). The summed E-state index contributed by atoms with van der Waals surface area (Å²) in [6, 6.07) is 0. The van der Waals surface area contributed by atoms with Crippen molar-refractivity contribution in [2.45, 2.75) is 6.18 Å². The minimum absolute atomic E-state index is 0.278. The van der Waals surface area contributed by atoms with Gasteiger partial charge in [-0.15, -0.1) is 0 Å². The molecule has 62 valence electrons. The second kappa shape index (κ2) is 3.31. The van der Waals surface area contributed by atoms with Crippen LogP contribution in [0.3, 0.4) is 0 Å². The van der Waals surface area contributed by atoms with Crippen LogP contribution in [0, 0.1) is 0 Å². The van der Waals surface area contributed by atoms with Gasteiger partial charge in [-0.05, 0) is 0 Å². The second-order valence-corrected chi connectivity index (χ2v) is 2.72. The Morgan fingerprint density at radius 2 is 2.00 bits per heavy atom. The quantitative estimate of drug-likeness (QED) is 0.628. The Balaban J connectivity index is 3.80. The van der Waals surface area contributed by atoms with Crippen molar-refractivity contribution < 1.29 is 21.9 Å². The van der Waals surface area contributed by atoms with Gasteiger partial charge in [0.15, 0.2) is 0 Å². The summed E-state index contributed by atoms with van der Waals surface area (Å²) in [5.41, 5.74) is 0. The number of alkyl halides is 3. The van der Waals surface area contributed by atoms with Crippen molar-refractivity contribution >= 4 is 11.3 Å². The topological polar surface area (TPSA) is 40.5 Å². The Kier molecular flexibility index (Phi) is 3.26.